The Morgan fingerprint density at radius 1 is 0.625 bits per heavy atom. The van der Waals surface area contributed by atoms with Crippen LogP contribution in [0.25, 0.3) is 33.2 Å². The van der Waals surface area contributed by atoms with Gasteiger partial charge in [0.05, 0.1) is 12.3 Å². The number of para-hydroxylation sites is 1. The first-order valence-corrected chi connectivity index (χ1v) is 27.2. The van der Waals surface area contributed by atoms with Gasteiger partial charge in [-0.05, 0) is 29.5 Å². The second-order valence-electron chi connectivity index (χ2n) is 12.2. The Hall–Kier alpha value is -1.74. The highest BCUT2D eigenvalue weighted by Crippen LogP contribution is 2.37. The molecule has 0 aliphatic heterocycles. The van der Waals surface area contributed by atoms with Crippen LogP contribution < -0.4 is 5.19 Å². The number of hydrogen-bond donors (Lipinski definition) is 0. The van der Waals surface area contributed by atoms with Gasteiger partial charge in [-0.3, -0.25) is 4.98 Å². The van der Waals surface area contributed by atoms with E-state index in [1.807, 2.05) is 12.1 Å². The van der Waals surface area contributed by atoms with Crippen LogP contribution in [0.5, 0.6) is 0 Å². The second kappa shape index (κ2) is 7.65. The molecular weight excluding hydrogens is 455 g/mol. The fraction of sp³-hybridized carbons (Fsp3) is 0.346. The molecule has 0 aliphatic rings. The predicted molar refractivity (Wildman–Crippen MR) is 152 cm³/mol. The molecular formula is C26H37NOSi4. The number of fused-ring (bicyclic) bond motifs is 3. The Bertz CT molecular complexity index is 1240. The Morgan fingerprint density at radius 3 is 1.78 bits per heavy atom. The summed E-state index contributed by atoms with van der Waals surface area (Å²) >= 11 is 0. The third-order valence-corrected chi connectivity index (χ3v) is 78.5. The maximum Gasteiger partial charge on any atom is 0.136 e. The highest BCUT2D eigenvalue weighted by molar-refractivity contribution is 7.92. The predicted octanol–water partition coefficient (Wildman–Crippen LogP) is 7.55. The molecule has 0 aliphatic carbocycles. The van der Waals surface area contributed by atoms with E-state index in [1.54, 1.807) is 5.19 Å². The number of rotatable bonds is 5. The van der Waals surface area contributed by atoms with Gasteiger partial charge in [0.15, 0.2) is 0 Å². The molecule has 0 amide bonds. The van der Waals surface area contributed by atoms with Gasteiger partial charge in [-0.15, -0.1) is 0 Å². The molecule has 0 spiro atoms. The summed E-state index contributed by atoms with van der Waals surface area (Å²) in [5.74, 6) is 0. The molecule has 0 atom stereocenters. The van der Waals surface area contributed by atoms with Crippen LogP contribution in [0, 0.1) is 0 Å². The van der Waals surface area contributed by atoms with Crippen molar-refractivity contribution >= 4 is 56.5 Å². The second-order valence-corrected chi connectivity index (χ2v) is 52.6. The normalized spacial score (nSPS) is 13.8. The van der Waals surface area contributed by atoms with Crippen molar-refractivity contribution in [3.05, 3.63) is 60.8 Å². The van der Waals surface area contributed by atoms with Crippen LogP contribution in [-0.2, 0) is 0 Å². The van der Waals surface area contributed by atoms with Gasteiger partial charge in [-0.2, -0.15) is 0 Å². The van der Waals surface area contributed by atoms with Crippen molar-refractivity contribution in [1.29, 1.82) is 0 Å². The van der Waals surface area contributed by atoms with Gasteiger partial charge in [-0.25, -0.2) is 0 Å². The van der Waals surface area contributed by atoms with Crippen molar-refractivity contribution < 1.29 is 4.42 Å². The molecule has 0 fully saturated rings. The van der Waals surface area contributed by atoms with Gasteiger partial charge in [0.25, 0.3) is 0 Å². The molecule has 0 N–H and O–H groups in total. The van der Waals surface area contributed by atoms with Gasteiger partial charge >= 0.3 is 0 Å². The third-order valence-electron chi connectivity index (χ3n) is 7.25. The molecule has 4 aromatic rings. The van der Waals surface area contributed by atoms with Crippen molar-refractivity contribution in [3.63, 3.8) is 0 Å². The smallest absolute Gasteiger partial charge is 0.136 e. The van der Waals surface area contributed by atoms with E-state index in [-0.39, 0.29) is 0 Å². The summed E-state index contributed by atoms with van der Waals surface area (Å²) in [7, 11) is -4.18. The molecule has 4 rings (SSSR count). The number of pyridine rings is 1. The first-order valence-electron chi connectivity index (χ1n) is 11.7. The van der Waals surface area contributed by atoms with E-state index in [2.05, 4.69) is 108 Å². The van der Waals surface area contributed by atoms with Crippen molar-refractivity contribution in [2.45, 2.75) is 58.9 Å². The Balaban J connectivity index is 1.83. The fourth-order valence-corrected chi connectivity index (χ4v) is 107. The Kier molecular flexibility index (Phi) is 5.60. The Morgan fingerprint density at radius 2 is 1.22 bits per heavy atom. The quantitative estimate of drug-likeness (QED) is 0.269. The van der Waals surface area contributed by atoms with Crippen LogP contribution in [0.4, 0.5) is 0 Å². The summed E-state index contributed by atoms with van der Waals surface area (Å²) in [5, 5.41) is 3.97. The lowest BCUT2D eigenvalue weighted by Crippen LogP contribution is -2.88. The minimum absolute atomic E-state index is 0.935. The van der Waals surface area contributed by atoms with Crippen LogP contribution in [0.2, 0.25) is 58.9 Å². The van der Waals surface area contributed by atoms with Crippen LogP contribution in [-0.4, -0.2) is 34.4 Å². The van der Waals surface area contributed by atoms with Crippen LogP contribution >= 0.6 is 0 Å². The van der Waals surface area contributed by atoms with Gasteiger partial charge in [0.1, 0.15) is 11.2 Å². The largest absolute Gasteiger partial charge is 0.456 e. The average molecular weight is 492 g/mol. The van der Waals surface area contributed by atoms with Crippen molar-refractivity contribution in [2.75, 3.05) is 0 Å². The van der Waals surface area contributed by atoms with E-state index >= 15 is 0 Å². The van der Waals surface area contributed by atoms with Crippen molar-refractivity contribution in [2.24, 2.45) is 0 Å². The van der Waals surface area contributed by atoms with E-state index in [0.29, 0.717) is 0 Å². The lowest BCUT2D eigenvalue weighted by Gasteiger charge is -2.57. The molecule has 0 radical (unpaired) electrons. The minimum Gasteiger partial charge on any atom is -0.456 e. The number of furan rings is 1. The van der Waals surface area contributed by atoms with Crippen LogP contribution in [0.3, 0.4) is 0 Å². The third kappa shape index (κ3) is 3.52. The van der Waals surface area contributed by atoms with Crippen molar-refractivity contribution in [1.82, 2.24) is 4.98 Å². The first-order chi connectivity index (χ1) is 14.8. The highest BCUT2D eigenvalue weighted by Gasteiger charge is 2.62. The fourth-order valence-electron chi connectivity index (χ4n) is 7.35. The maximum absolute atomic E-state index is 6.12. The Labute approximate surface area is 196 Å². The molecule has 2 aromatic heterocycles. The molecule has 0 unspecified atom stereocenters. The molecule has 0 bridgehead atoms. The van der Waals surface area contributed by atoms with Crippen LogP contribution in [0.15, 0.2) is 65.2 Å². The molecule has 2 aromatic carbocycles. The summed E-state index contributed by atoms with van der Waals surface area (Å²) < 4.78 is 6.12. The van der Waals surface area contributed by atoms with Crippen molar-refractivity contribution in [3.8, 4) is 11.3 Å². The van der Waals surface area contributed by atoms with E-state index < -0.39 is 29.4 Å². The topological polar surface area (TPSA) is 26.0 Å². The molecule has 2 heterocycles. The molecule has 168 valence electrons. The summed E-state index contributed by atoms with van der Waals surface area (Å²) in [6.45, 7) is 22.1. The number of benzene rings is 2. The number of aromatic nitrogens is 1. The number of nitrogens with zero attached hydrogens (tertiary/aromatic N) is 1. The standard InChI is InChI=1S/C26H37NOSi4/c1-29(2,3)32(30(4,5)6,31(7,8)9)21-15-17-24(27-19-21)20-14-16-23-22-12-10-11-13-25(22)28-26(23)18-20/h10-19H,1-9H3. The SMILES string of the molecule is C[Si](C)(C)[Si](c1ccc(-c2ccc3c(c2)oc2ccccc23)nc1)([Si](C)(C)C)[Si](C)(C)C. The van der Waals surface area contributed by atoms with E-state index in [9.17, 15) is 0 Å². The molecule has 6 heteroatoms. The summed E-state index contributed by atoms with van der Waals surface area (Å²) in [4.78, 5) is 5.08. The lowest BCUT2D eigenvalue weighted by atomic mass is 10.1. The highest BCUT2D eigenvalue weighted by atomic mass is 29.9. The maximum atomic E-state index is 6.12. The summed E-state index contributed by atoms with van der Waals surface area (Å²) in [6, 6.07) is 19.5. The zero-order chi connectivity index (χ0) is 23.5. The summed E-state index contributed by atoms with van der Waals surface area (Å²) in [5.41, 5.74) is 4.05. The molecule has 32 heavy (non-hydrogen) atoms. The molecule has 2 nitrogen and oxygen atoms in total. The zero-order valence-corrected chi connectivity index (χ0v) is 25.1. The van der Waals surface area contributed by atoms with Gasteiger partial charge < -0.3 is 4.42 Å². The monoisotopic (exact) mass is 491 g/mol. The first kappa shape index (κ1) is 23.4. The number of hydrogen-bond acceptors (Lipinski definition) is 2. The van der Waals surface area contributed by atoms with Gasteiger partial charge in [-0.1, -0.05) is 89.3 Å². The zero-order valence-electron chi connectivity index (χ0n) is 21.1. The van der Waals surface area contributed by atoms with Crippen LogP contribution in [0.1, 0.15) is 0 Å². The molecule has 0 saturated carbocycles. The minimum atomic E-state index is -1.63. The van der Waals surface area contributed by atoms with E-state index in [4.69, 9.17) is 9.40 Å². The van der Waals surface area contributed by atoms with Gasteiger partial charge in [0.2, 0.25) is 0 Å². The van der Waals surface area contributed by atoms with E-state index in [1.165, 1.54) is 10.8 Å². The molecule has 0 saturated heterocycles. The lowest BCUT2D eigenvalue weighted by molar-refractivity contribution is 0.669. The average Bonchev–Trinajstić information content (AvgIpc) is 3.03. The summed E-state index contributed by atoms with van der Waals surface area (Å²) in [6.07, 6.45) is 2.28. The van der Waals surface area contributed by atoms with Gasteiger partial charge in [0, 0.05) is 45.3 Å². The van der Waals surface area contributed by atoms with E-state index in [0.717, 1.165) is 22.4 Å².